The molecule has 0 bridgehead atoms. The van der Waals surface area contributed by atoms with Crippen LogP contribution in [0.3, 0.4) is 0 Å². The molecule has 1 saturated heterocycles. The maximum Gasteiger partial charge on any atom is 0.148 e. The third-order valence-electron chi connectivity index (χ3n) is 2.43. The fraction of sp³-hybridized carbons (Fsp3) is 1.00. The smallest absolute Gasteiger partial charge is 0.148 e. The van der Waals surface area contributed by atoms with Crippen LogP contribution in [0.15, 0.2) is 5.11 Å². The molecule has 0 unspecified atom stereocenters. The van der Waals surface area contributed by atoms with Crippen molar-refractivity contribution in [2.24, 2.45) is 11.0 Å². The molecule has 0 aromatic carbocycles. The van der Waals surface area contributed by atoms with Crippen molar-refractivity contribution in [3.05, 3.63) is 10.4 Å². The Morgan fingerprint density at radius 1 is 1.83 bits per heavy atom. The quantitative estimate of drug-likeness (QED) is 0.267. The molecule has 0 N–H and O–H groups in total. The van der Waals surface area contributed by atoms with Crippen molar-refractivity contribution in [3.63, 3.8) is 0 Å². The first-order chi connectivity index (χ1) is 5.64. The molecule has 4 nitrogen and oxygen atoms in total. The third-order valence-corrected chi connectivity index (χ3v) is 2.43. The summed E-state index contributed by atoms with van der Waals surface area (Å²) in [6, 6.07) is -0.287. The number of hydrogen-bond donors (Lipinski definition) is 0. The fourth-order valence-corrected chi connectivity index (χ4v) is 1.66. The molecular weight excluding hydrogens is 153 g/mol. The molecule has 1 rings (SSSR count). The zero-order chi connectivity index (χ0) is 9.19. The Morgan fingerprint density at radius 3 is 2.83 bits per heavy atom. The molecule has 0 spiro atoms. The summed E-state index contributed by atoms with van der Waals surface area (Å²) in [6.45, 7) is 3.92. The zero-order valence-corrected chi connectivity index (χ0v) is 7.40. The molecule has 1 aliphatic heterocycles. The van der Waals surface area contributed by atoms with Crippen LogP contribution < -0.4 is 0 Å². The van der Waals surface area contributed by atoms with Crippen LogP contribution >= 0.6 is 0 Å². The Bertz CT molecular complexity index is 217. The summed E-state index contributed by atoms with van der Waals surface area (Å²) in [4.78, 5) is 2.79. The van der Waals surface area contributed by atoms with Gasteiger partial charge in [0.15, 0.2) is 0 Å². The first kappa shape index (κ1) is 9.42. The van der Waals surface area contributed by atoms with E-state index in [9.17, 15) is 0 Å². The van der Waals surface area contributed by atoms with Crippen LogP contribution in [0.4, 0.5) is 0 Å². The van der Waals surface area contributed by atoms with Gasteiger partial charge in [0.05, 0.1) is 0 Å². The Hall–Kier alpha value is -0.665. The van der Waals surface area contributed by atoms with Gasteiger partial charge in [-0.25, -0.2) is 0 Å². The molecule has 1 aliphatic rings. The van der Waals surface area contributed by atoms with Crippen LogP contribution in [-0.2, 0) is 4.74 Å². The first-order valence-corrected chi connectivity index (χ1v) is 4.14. The predicted octanol–water partition coefficient (Wildman–Crippen LogP) is 1.95. The van der Waals surface area contributed by atoms with E-state index in [1.165, 1.54) is 0 Å². The molecule has 64 valence electrons. The van der Waals surface area contributed by atoms with E-state index in [1.807, 2.05) is 13.8 Å². The second-order valence-corrected chi connectivity index (χ2v) is 3.18. The first-order valence-electron chi connectivity index (χ1n) is 4.14. The molecule has 2 radical (unpaired) electrons. The molecule has 1 heterocycles. The lowest BCUT2D eigenvalue weighted by Crippen LogP contribution is -2.30. The van der Waals surface area contributed by atoms with Crippen molar-refractivity contribution in [3.8, 4) is 0 Å². The average molecular weight is 165 g/mol. The highest BCUT2D eigenvalue weighted by Crippen LogP contribution is 2.38. The standard InChI is InChI=1S/C7H12BN3O/c1-3-7(10-11-9)5(2)4-6(8)12-7/h5-6H,3-4H2,1-2H3/t5-,6+,7+/m0/s1. The van der Waals surface area contributed by atoms with Gasteiger partial charge in [-0.1, -0.05) is 19.0 Å². The Balaban J connectivity index is 2.85. The number of nitrogens with zero attached hydrogens (tertiary/aromatic N) is 3. The number of rotatable bonds is 2. The largest absolute Gasteiger partial charge is 0.375 e. The minimum Gasteiger partial charge on any atom is -0.375 e. The van der Waals surface area contributed by atoms with Gasteiger partial charge in [0, 0.05) is 10.9 Å². The van der Waals surface area contributed by atoms with E-state index in [4.69, 9.17) is 18.1 Å². The highest BCUT2D eigenvalue weighted by molar-refractivity contribution is 6.11. The van der Waals surface area contributed by atoms with Gasteiger partial charge in [0.25, 0.3) is 0 Å². The van der Waals surface area contributed by atoms with Gasteiger partial charge in [-0.05, 0) is 24.3 Å². The number of hydrogen-bond acceptors (Lipinski definition) is 2. The highest BCUT2D eigenvalue weighted by Gasteiger charge is 2.42. The number of ether oxygens (including phenoxy) is 1. The van der Waals surface area contributed by atoms with Crippen molar-refractivity contribution in [1.29, 1.82) is 0 Å². The second-order valence-electron chi connectivity index (χ2n) is 3.18. The molecule has 3 atom stereocenters. The molecule has 0 aromatic rings. The lowest BCUT2D eigenvalue weighted by atomic mass is 9.89. The van der Waals surface area contributed by atoms with Crippen molar-refractivity contribution < 1.29 is 4.74 Å². The highest BCUT2D eigenvalue weighted by atomic mass is 16.5. The molecule has 12 heavy (non-hydrogen) atoms. The monoisotopic (exact) mass is 165 g/mol. The Labute approximate surface area is 73.3 Å². The summed E-state index contributed by atoms with van der Waals surface area (Å²) < 4.78 is 5.41. The summed E-state index contributed by atoms with van der Waals surface area (Å²) in [5, 5.41) is 3.68. The van der Waals surface area contributed by atoms with Crippen molar-refractivity contribution in [2.45, 2.75) is 38.4 Å². The van der Waals surface area contributed by atoms with E-state index in [0.717, 1.165) is 6.42 Å². The van der Waals surface area contributed by atoms with E-state index in [-0.39, 0.29) is 11.9 Å². The molecule has 0 aliphatic carbocycles. The fourth-order valence-electron chi connectivity index (χ4n) is 1.66. The minimum atomic E-state index is -0.700. The van der Waals surface area contributed by atoms with Gasteiger partial charge in [0.1, 0.15) is 13.6 Å². The van der Waals surface area contributed by atoms with E-state index in [2.05, 4.69) is 10.0 Å². The molecular formula is C7H12BN3O. The van der Waals surface area contributed by atoms with Crippen LogP contribution in [0.1, 0.15) is 26.7 Å². The number of azide groups is 1. The van der Waals surface area contributed by atoms with E-state index in [1.54, 1.807) is 0 Å². The average Bonchev–Trinajstić information content (AvgIpc) is 2.28. The van der Waals surface area contributed by atoms with Gasteiger partial charge < -0.3 is 4.74 Å². The summed E-state index contributed by atoms with van der Waals surface area (Å²) >= 11 is 0. The molecule has 5 heteroatoms. The van der Waals surface area contributed by atoms with Gasteiger partial charge in [-0.15, -0.1) is 0 Å². The summed E-state index contributed by atoms with van der Waals surface area (Å²) in [5.74, 6) is 0.202. The lowest BCUT2D eigenvalue weighted by molar-refractivity contribution is -0.0284. The topological polar surface area (TPSA) is 58.0 Å². The van der Waals surface area contributed by atoms with Crippen molar-refractivity contribution >= 4 is 7.85 Å². The maximum atomic E-state index is 8.36. The maximum absolute atomic E-state index is 8.36. The van der Waals surface area contributed by atoms with Crippen LogP contribution in [0.5, 0.6) is 0 Å². The van der Waals surface area contributed by atoms with Crippen LogP contribution in [-0.4, -0.2) is 19.6 Å². The Kier molecular flexibility index (Phi) is 2.65. The van der Waals surface area contributed by atoms with E-state index in [0.29, 0.717) is 6.42 Å². The lowest BCUT2D eigenvalue weighted by Gasteiger charge is -2.25. The third kappa shape index (κ3) is 1.42. The minimum absolute atomic E-state index is 0.202. The van der Waals surface area contributed by atoms with E-state index >= 15 is 0 Å². The van der Waals surface area contributed by atoms with Gasteiger partial charge in [-0.3, -0.25) is 0 Å². The van der Waals surface area contributed by atoms with Crippen LogP contribution in [0.2, 0.25) is 0 Å². The SMILES string of the molecule is [B][C@H]1C[C@H](C)[C@](CC)(N=[N+]=[N-])O1. The van der Waals surface area contributed by atoms with Gasteiger partial charge >= 0.3 is 0 Å². The summed E-state index contributed by atoms with van der Waals surface area (Å²) in [7, 11) is 5.60. The van der Waals surface area contributed by atoms with Crippen LogP contribution in [0, 0.1) is 5.92 Å². The van der Waals surface area contributed by atoms with Gasteiger partial charge in [0.2, 0.25) is 0 Å². The van der Waals surface area contributed by atoms with Gasteiger partial charge in [-0.2, -0.15) is 0 Å². The predicted molar refractivity (Wildman–Crippen MR) is 46.6 cm³/mol. The molecule has 0 amide bonds. The normalized spacial score (nSPS) is 40.8. The zero-order valence-electron chi connectivity index (χ0n) is 7.40. The summed E-state index contributed by atoms with van der Waals surface area (Å²) in [6.07, 6.45) is 1.43. The van der Waals surface area contributed by atoms with Crippen molar-refractivity contribution in [1.82, 2.24) is 0 Å². The Morgan fingerprint density at radius 2 is 2.50 bits per heavy atom. The molecule has 0 aromatic heterocycles. The molecule has 0 saturated carbocycles. The van der Waals surface area contributed by atoms with E-state index < -0.39 is 5.72 Å². The van der Waals surface area contributed by atoms with Crippen molar-refractivity contribution in [2.75, 3.05) is 0 Å². The molecule has 1 fully saturated rings. The van der Waals surface area contributed by atoms with Crippen LogP contribution in [0.25, 0.3) is 10.4 Å². The summed E-state index contributed by atoms with van der Waals surface area (Å²) in [5.41, 5.74) is 7.66. The second kappa shape index (κ2) is 3.38.